The maximum absolute atomic E-state index is 12.6. The molecule has 0 amide bonds. The summed E-state index contributed by atoms with van der Waals surface area (Å²) in [6.45, 7) is 1.46. The Labute approximate surface area is 96.1 Å². The van der Waals surface area contributed by atoms with Gasteiger partial charge in [-0.3, -0.25) is 9.78 Å². The zero-order chi connectivity index (χ0) is 12.3. The molecule has 0 aliphatic carbocycles. The number of carboxylic acids is 1. The molecule has 1 N–H and O–H groups in total. The van der Waals surface area contributed by atoms with E-state index in [0.717, 1.165) is 6.20 Å². The van der Waals surface area contributed by atoms with Crippen LogP contribution < -0.4 is 0 Å². The number of carboxylic acid groups (broad SMARTS) is 1. The Balaban J connectivity index is 3.28. The summed E-state index contributed by atoms with van der Waals surface area (Å²) in [4.78, 5) is 14.4. The van der Waals surface area contributed by atoms with Crippen molar-refractivity contribution in [3.8, 4) is 0 Å². The molecule has 0 radical (unpaired) electrons. The molecule has 0 bridgehead atoms. The minimum absolute atomic E-state index is 0.00692. The standard InChI is InChI=1S/C10H10ClF2NO2/c1-5-6(2-9(15)16)8(3-11)14-4-7(5)10(12)13/h4,10H,2-3H2,1H3,(H,15,16). The lowest BCUT2D eigenvalue weighted by Crippen LogP contribution is -2.09. The van der Waals surface area contributed by atoms with Crippen molar-refractivity contribution in [1.29, 1.82) is 0 Å². The summed E-state index contributed by atoms with van der Waals surface area (Å²) in [7, 11) is 0. The van der Waals surface area contributed by atoms with Gasteiger partial charge in [-0.2, -0.15) is 0 Å². The predicted molar refractivity (Wildman–Crippen MR) is 54.8 cm³/mol. The fraction of sp³-hybridized carbons (Fsp3) is 0.400. The van der Waals surface area contributed by atoms with Crippen LogP contribution in [0.2, 0.25) is 0 Å². The fourth-order valence-electron chi connectivity index (χ4n) is 1.43. The molecule has 0 saturated carbocycles. The van der Waals surface area contributed by atoms with E-state index in [9.17, 15) is 13.6 Å². The van der Waals surface area contributed by atoms with Crippen molar-refractivity contribution in [3.63, 3.8) is 0 Å². The van der Waals surface area contributed by atoms with Crippen molar-refractivity contribution < 1.29 is 18.7 Å². The highest BCUT2D eigenvalue weighted by Gasteiger charge is 2.18. The molecular weight excluding hydrogens is 240 g/mol. The third kappa shape index (κ3) is 2.66. The van der Waals surface area contributed by atoms with Gasteiger partial charge in [-0.15, -0.1) is 11.6 Å². The first-order valence-corrected chi connectivity index (χ1v) is 5.04. The van der Waals surface area contributed by atoms with Crippen LogP contribution in [0.5, 0.6) is 0 Å². The van der Waals surface area contributed by atoms with Crippen molar-refractivity contribution in [2.75, 3.05) is 0 Å². The molecule has 0 aromatic carbocycles. The Kier molecular flexibility index (Phi) is 4.18. The van der Waals surface area contributed by atoms with Crippen molar-refractivity contribution in [1.82, 2.24) is 4.98 Å². The van der Waals surface area contributed by atoms with Crippen molar-refractivity contribution in [3.05, 3.63) is 28.6 Å². The van der Waals surface area contributed by atoms with Gasteiger partial charge in [0.25, 0.3) is 6.43 Å². The lowest BCUT2D eigenvalue weighted by molar-refractivity contribution is -0.136. The minimum atomic E-state index is -2.66. The molecule has 0 spiro atoms. The number of hydrogen-bond acceptors (Lipinski definition) is 2. The summed E-state index contributed by atoms with van der Waals surface area (Å²) < 4.78 is 25.1. The summed E-state index contributed by atoms with van der Waals surface area (Å²) in [6, 6.07) is 0. The molecule has 0 fully saturated rings. The second-order valence-electron chi connectivity index (χ2n) is 3.27. The Hall–Kier alpha value is -1.23. The van der Waals surface area contributed by atoms with E-state index in [-0.39, 0.29) is 29.0 Å². The van der Waals surface area contributed by atoms with E-state index in [2.05, 4.69) is 4.98 Å². The van der Waals surface area contributed by atoms with E-state index in [4.69, 9.17) is 16.7 Å². The molecule has 0 aliphatic rings. The monoisotopic (exact) mass is 249 g/mol. The third-order valence-corrected chi connectivity index (χ3v) is 2.54. The molecule has 16 heavy (non-hydrogen) atoms. The lowest BCUT2D eigenvalue weighted by Gasteiger charge is -2.12. The van der Waals surface area contributed by atoms with Gasteiger partial charge in [0, 0.05) is 11.8 Å². The summed E-state index contributed by atoms with van der Waals surface area (Å²) >= 11 is 5.58. The number of aliphatic carboxylic acids is 1. The van der Waals surface area contributed by atoms with Gasteiger partial charge in [-0.1, -0.05) is 0 Å². The molecular formula is C10H10ClF2NO2. The van der Waals surface area contributed by atoms with E-state index >= 15 is 0 Å². The average Bonchev–Trinajstić information content (AvgIpc) is 2.19. The molecule has 6 heteroatoms. The molecule has 88 valence electrons. The van der Waals surface area contributed by atoms with Crippen LogP contribution in [0, 0.1) is 6.92 Å². The van der Waals surface area contributed by atoms with Crippen molar-refractivity contribution in [2.24, 2.45) is 0 Å². The normalized spacial score (nSPS) is 10.8. The van der Waals surface area contributed by atoms with Crippen LogP contribution in [0.15, 0.2) is 6.20 Å². The van der Waals surface area contributed by atoms with Gasteiger partial charge in [0.05, 0.1) is 18.0 Å². The number of hydrogen-bond donors (Lipinski definition) is 1. The van der Waals surface area contributed by atoms with Gasteiger partial charge in [0.1, 0.15) is 0 Å². The number of nitrogens with zero attached hydrogens (tertiary/aromatic N) is 1. The Bertz CT molecular complexity index is 410. The van der Waals surface area contributed by atoms with E-state index in [1.54, 1.807) is 0 Å². The zero-order valence-corrected chi connectivity index (χ0v) is 9.26. The Morgan fingerprint density at radius 3 is 2.69 bits per heavy atom. The van der Waals surface area contributed by atoms with Gasteiger partial charge in [-0.25, -0.2) is 8.78 Å². The first-order chi connectivity index (χ1) is 7.47. The molecule has 1 rings (SSSR count). The summed E-state index contributed by atoms with van der Waals surface area (Å²) in [5, 5.41) is 8.68. The van der Waals surface area contributed by atoms with Gasteiger partial charge in [-0.05, 0) is 18.1 Å². The molecule has 0 aliphatic heterocycles. The fourth-order valence-corrected chi connectivity index (χ4v) is 1.66. The number of aromatic nitrogens is 1. The molecule has 1 aromatic rings. The number of halogens is 3. The second kappa shape index (κ2) is 5.21. The largest absolute Gasteiger partial charge is 0.481 e. The topological polar surface area (TPSA) is 50.2 Å². The van der Waals surface area contributed by atoms with Crippen LogP contribution in [0.1, 0.15) is 28.8 Å². The number of carbonyl (C=O) groups is 1. The highest BCUT2D eigenvalue weighted by atomic mass is 35.5. The van der Waals surface area contributed by atoms with Crippen molar-refractivity contribution >= 4 is 17.6 Å². The van der Waals surface area contributed by atoms with Crippen LogP contribution in [0.3, 0.4) is 0 Å². The van der Waals surface area contributed by atoms with Gasteiger partial charge >= 0.3 is 5.97 Å². The Morgan fingerprint density at radius 1 is 1.62 bits per heavy atom. The summed E-state index contributed by atoms with van der Waals surface area (Å²) in [5.41, 5.74) is 0.624. The van der Waals surface area contributed by atoms with Crippen molar-refractivity contribution in [2.45, 2.75) is 25.7 Å². The molecule has 0 unspecified atom stereocenters. The van der Waals surface area contributed by atoms with Crippen LogP contribution in [-0.4, -0.2) is 16.1 Å². The van der Waals surface area contributed by atoms with Gasteiger partial charge in [0.15, 0.2) is 0 Å². The van der Waals surface area contributed by atoms with Crippen LogP contribution in [0.25, 0.3) is 0 Å². The Morgan fingerprint density at radius 2 is 2.25 bits per heavy atom. The molecule has 1 aromatic heterocycles. The average molecular weight is 250 g/mol. The molecule has 3 nitrogen and oxygen atoms in total. The van der Waals surface area contributed by atoms with E-state index in [1.165, 1.54) is 6.92 Å². The van der Waals surface area contributed by atoms with Crippen LogP contribution in [0.4, 0.5) is 8.78 Å². The first kappa shape index (κ1) is 12.8. The quantitative estimate of drug-likeness (QED) is 0.835. The highest BCUT2D eigenvalue weighted by molar-refractivity contribution is 6.17. The van der Waals surface area contributed by atoms with Crippen LogP contribution in [-0.2, 0) is 17.1 Å². The SMILES string of the molecule is Cc1c(C(F)F)cnc(CCl)c1CC(=O)O. The zero-order valence-electron chi connectivity index (χ0n) is 8.51. The predicted octanol–water partition coefficient (Wildman–Crippen LogP) is 2.69. The maximum atomic E-state index is 12.6. The molecule has 0 saturated heterocycles. The second-order valence-corrected chi connectivity index (χ2v) is 3.54. The minimum Gasteiger partial charge on any atom is -0.481 e. The third-order valence-electron chi connectivity index (χ3n) is 2.28. The van der Waals surface area contributed by atoms with Gasteiger partial charge < -0.3 is 5.11 Å². The number of alkyl halides is 3. The summed E-state index contributed by atoms with van der Waals surface area (Å²) in [5.74, 6) is -1.09. The lowest BCUT2D eigenvalue weighted by atomic mass is 10.0. The van der Waals surface area contributed by atoms with E-state index < -0.39 is 12.4 Å². The maximum Gasteiger partial charge on any atom is 0.307 e. The van der Waals surface area contributed by atoms with E-state index in [1.807, 2.05) is 0 Å². The van der Waals surface area contributed by atoms with Gasteiger partial charge in [0.2, 0.25) is 0 Å². The molecule has 1 heterocycles. The first-order valence-electron chi connectivity index (χ1n) is 4.50. The smallest absolute Gasteiger partial charge is 0.307 e. The van der Waals surface area contributed by atoms with Crippen LogP contribution >= 0.6 is 11.6 Å². The summed E-state index contributed by atoms with van der Waals surface area (Å²) in [6.07, 6.45) is -1.96. The number of pyridine rings is 1. The number of rotatable bonds is 4. The molecule has 0 atom stereocenters. The van der Waals surface area contributed by atoms with E-state index in [0.29, 0.717) is 5.69 Å². The highest BCUT2D eigenvalue weighted by Crippen LogP contribution is 2.26.